The van der Waals surface area contributed by atoms with Crippen LogP contribution in [0.4, 0.5) is 13.2 Å². The van der Waals surface area contributed by atoms with Crippen LogP contribution in [0.25, 0.3) is 0 Å². The summed E-state index contributed by atoms with van der Waals surface area (Å²) >= 11 is 6.48. The zero-order valence-corrected chi connectivity index (χ0v) is 21.4. The zero-order valence-electron chi connectivity index (χ0n) is 20.7. The summed E-state index contributed by atoms with van der Waals surface area (Å²) in [5.74, 6) is -0.902. The first-order valence-electron chi connectivity index (χ1n) is 12.9. The Morgan fingerprint density at radius 1 is 1.11 bits per heavy atom. The lowest BCUT2D eigenvalue weighted by atomic mass is 9.81. The molecule has 200 valence electrons. The Bertz CT molecular complexity index is 1140. The molecular weight excluding hydrogens is 505 g/mol. The van der Waals surface area contributed by atoms with E-state index in [4.69, 9.17) is 21.5 Å². The van der Waals surface area contributed by atoms with Crippen molar-refractivity contribution in [1.82, 2.24) is 5.32 Å². The third-order valence-corrected chi connectivity index (χ3v) is 7.50. The Morgan fingerprint density at radius 2 is 1.89 bits per heavy atom. The first kappa shape index (κ1) is 27.5. The van der Waals surface area contributed by atoms with E-state index in [1.165, 1.54) is 6.07 Å². The lowest BCUT2D eigenvalue weighted by Crippen LogP contribution is -2.19. The first-order valence-corrected chi connectivity index (χ1v) is 13.2. The number of carbonyl (C=O) groups is 1. The van der Waals surface area contributed by atoms with E-state index >= 15 is 0 Å². The summed E-state index contributed by atoms with van der Waals surface area (Å²) in [6.45, 7) is 0.758. The summed E-state index contributed by atoms with van der Waals surface area (Å²) in [6.07, 6.45) is 2.67. The molecule has 1 saturated carbocycles. The van der Waals surface area contributed by atoms with E-state index in [1.54, 1.807) is 12.1 Å². The lowest BCUT2D eigenvalue weighted by molar-refractivity contribution is -0.139. The number of rotatable bonds is 9. The topological polar surface area (TPSA) is 70.9 Å². The fourth-order valence-electron chi connectivity index (χ4n) is 5.27. The molecule has 0 heterocycles. The number of hydrogen-bond acceptors (Lipinski definition) is 4. The second-order valence-electron chi connectivity index (χ2n) is 9.84. The zero-order chi connectivity index (χ0) is 26.4. The number of alkyl halides is 3. The molecule has 5 nitrogen and oxygen atoms in total. The van der Waals surface area contributed by atoms with E-state index < -0.39 is 17.7 Å². The molecule has 0 aliphatic heterocycles. The van der Waals surface area contributed by atoms with Gasteiger partial charge in [0.05, 0.1) is 17.7 Å². The Balaban J connectivity index is 1.45. The number of carboxylic acids is 1. The largest absolute Gasteiger partial charge is 0.481 e. The van der Waals surface area contributed by atoms with Crippen molar-refractivity contribution in [2.24, 2.45) is 5.16 Å². The molecule has 9 heteroatoms. The number of benzene rings is 2. The molecule has 0 unspecified atom stereocenters. The van der Waals surface area contributed by atoms with Crippen LogP contribution >= 0.6 is 11.6 Å². The van der Waals surface area contributed by atoms with Crippen molar-refractivity contribution in [2.75, 3.05) is 6.54 Å². The molecule has 4 rings (SSSR count). The van der Waals surface area contributed by atoms with Gasteiger partial charge in [-0.1, -0.05) is 54.2 Å². The fourth-order valence-corrected chi connectivity index (χ4v) is 5.50. The Kier molecular flexibility index (Phi) is 9.13. The molecular formula is C28H32ClF3N2O3. The molecule has 2 aliphatic rings. The Labute approximate surface area is 220 Å². The molecule has 37 heavy (non-hydrogen) atoms. The van der Waals surface area contributed by atoms with Crippen molar-refractivity contribution in [3.8, 4) is 0 Å². The predicted octanol–water partition coefficient (Wildman–Crippen LogP) is 7.23. The third kappa shape index (κ3) is 7.26. The van der Waals surface area contributed by atoms with Gasteiger partial charge in [0.15, 0.2) is 0 Å². The van der Waals surface area contributed by atoms with Crippen molar-refractivity contribution in [1.29, 1.82) is 0 Å². The van der Waals surface area contributed by atoms with Crippen LogP contribution in [0.3, 0.4) is 0 Å². The number of hydrogen-bond donors (Lipinski definition) is 2. The van der Waals surface area contributed by atoms with Gasteiger partial charge in [-0.2, -0.15) is 13.2 Å². The van der Waals surface area contributed by atoms with E-state index in [9.17, 15) is 18.0 Å². The van der Waals surface area contributed by atoms with Gasteiger partial charge >= 0.3 is 12.1 Å². The number of nitrogens with one attached hydrogen (secondary N) is 1. The highest BCUT2D eigenvalue weighted by atomic mass is 35.5. The second kappa shape index (κ2) is 12.3. The van der Waals surface area contributed by atoms with E-state index in [2.05, 4.69) is 10.5 Å². The van der Waals surface area contributed by atoms with E-state index in [-0.39, 0.29) is 18.9 Å². The van der Waals surface area contributed by atoms with Crippen LogP contribution in [-0.2, 0) is 35.4 Å². The minimum atomic E-state index is -4.41. The molecule has 1 fully saturated rings. The van der Waals surface area contributed by atoms with Crippen LogP contribution < -0.4 is 5.32 Å². The summed E-state index contributed by atoms with van der Waals surface area (Å²) in [5, 5.41) is 16.7. The standard InChI is InChI=1S/C28H32ClF3N2O3/c29-25-15-23-20(14-21(25)16-33-12-11-27(35)36)7-4-8-26(23)34-37-17-18-9-10-22(19-5-2-1-3-6-19)24(13-18)28(30,31)32/h9-10,13-15,19,33H,1-8,11-12,16-17H2,(H,35,36)/b34-26+. The maximum Gasteiger partial charge on any atom is 0.416 e. The molecule has 0 amide bonds. The minimum Gasteiger partial charge on any atom is -0.481 e. The van der Waals surface area contributed by atoms with Gasteiger partial charge in [0, 0.05) is 23.7 Å². The molecule has 2 aliphatic carbocycles. The van der Waals surface area contributed by atoms with Crippen LogP contribution in [-0.4, -0.2) is 23.3 Å². The smallest absolute Gasteiger partial charge is 0.416 e. The van der Waals surface area contributed by atoms with Gasteiger partial charge in [-0.05, 0) is 72.4 Å². The fraction of sp³-hybridized carbons (Fsp3) is 0.500. The summed E-state index contributed by atoms with van der Waals surface area (Å²) in [7, 11) is 0. The predicted molar refractivity (Wildman–Crippen MR) is 137 cm³/mol. The van der Waals surface area contributed by atoms with Crippen LogP contribution in [0, 0.1) is 0 Å². The summed E-state index contributed by atoms with van der Waals surface area (Å²) < 4.78 is 41.6. The maximum atomic E-state index is 13.9. The van der Waals surface area contributed by atoms with Crippen molar-refractivity contribution in [3.05, 3.63) is 68.7 Å². The van der Waals surface area contributed by atoms with Gasteiger partial charge in [0.25, 0.3) is 0 Å². The maximum absolute atomic E-state index is 13.9. The summed E-state index contributed by atoms with van der Waals surface area (Å²) in [4.78, 5) is 16.2. The highest BCUT2D eigenvalue weighted by Crippen LogP contribution is 2.41. The number of aryl methyl sites for hydroxylation is 1. The highest BCUT2D eigenvalue weighted by Gasteiger charge is 2.35. The quantitative estimate of drug-likeness (QED) is 0.262. The molecule has 0 atom stereocenters. The van der Waals surface area contributed by atoms with Crippen LogP contribution in [0.2, 0.25) is 5.02 Å². The average molecular weight is 537 g/mol. The van der Waals surface area contributed by atoms with Gasteiger partial charge in [-0.3, -0.25) is 4.79 Å². The highest BCUT2D eigenvalue weighted by molar-refractivity contribution is 6.32. The van der Waals surface area contributed by atoms with Crippen molar-refractivity contribution >= 4 is 23.3 Å². The molecule has 0 saturated heterocycles. The van der Waals surface area contributed by atoms with Gasteiger partial charge in [-0.15, -0.1) is 0 Å². The molecule has 2 aromatic rings. The SMILES string of the molecule is O=C(O)CCNCc1cc2c(cc1Cl)/C(=N/OCc1ccc(C3CCCCC3)c(C(F)(F)F)c1)CCC2. The third-order valence-electron chi connectivity index (χ3n) is 7.15. The van der Waals surface area contributed by atoms with E-state index in [0.717, 1.165) is 67.3 Å². The molecule has 0 aromatic heterocycles. The number of nitrogens with zero attached hydrogens (tertiary/aromatic N) is 1. The number of carboxylic acid groups (broad SMARTS) is 1. The van der Waals surface area contributed by atoms with Crippen molar-refractivity contribution in [3.63, 3.8) is 0 Å². The Hall–Kier alpha value is -2.58. The van der Waals surface area contributed by atoms with E-state index in [1.807, 2.05) is 12.1 Å². The van der Waals surface area contributed by atoms with Gasteiger partial charge in [0.1, 0.15) is 6.61 Å². The number of aliphatic carboxylic acids is 1. The van der Waals surface area contributed by atoms with E-state index in [0.29, 0.717) is 35.7 Å². The molecule has 0 radical (unpaired) electrons. The minimum absolute atomic E-state index is 0.0322. The number of fused-ring (bicyclic) bond motifs is 1. The van der Waals surface area contributed by atoms with Crippen molar-refractivity contribution < 1.29 is 27.9 Å². The number of halogens is 4. The van der Waals surface area contributed by atoms with Crippen LogP contribution in [0.1, 0.15) is 90.7 Å². The molecule has 0 spiro atoms. The van der Waals surface area contributed by atoms with Gasteiger partial charge in [-0.25, -0.2) is 0 Å². The average Bonchev–Trinajstić information content (AvgIpc) is 2.87. The molecule has 2 aromatic carbocycles. The molecule has 0 bridgehead atoms. The first-order chi connectivity index (χ1) is 17.7. The summed E-state index contributed by atoms with van der Waals surface area (Å²) in [6, 6.07) is 8.38. The summed E-state index contributed by atoms with van der Waals surface area (Å²) in [5.41, 5.74) is 3.83. The monoisotopic (exact) mass is 536 g/mol. The van der Waals surface area contributed by atoms with Gasteiger partial charge in [0.2, 0.25) is 0 Å². The number of oxime groups is 1. The van der Waals surface area contributed by atoms with Gasteiger partial charge < -0.3 is 15.3 Å². The second-order valence-corrected chi connectivity index (χ2v) is 10.2. The van der Waals surface area contributed by atoms with Crippen molar-refractivity contribution in [2.45, 2.75) is 83.0 Å². The molecule has 2 N–H and O–H groups in total. The Morgan fingerprint density at radius 3 is 2.62 bits per heavy atom. The van der Waals surface area contributed by atoms with Crippen LogP contribution in [0.5, 0.6) is 0 Å². The lowest BCUT2D eigenvalue weighted by Gasteiger charge is -2.25. The van der Waals surface area contributed by atoms with Crippen LogP contribution in [0.15, 0.2) is 35.5 Å². The normalized spacial score (nSPS) is 17.6.